The fourth-order valence-electron chi connectivity index (χ4n) is 2.28. The molecule has 0 aromatic heterocycles. The molecule has 0 atom stereocenters. The van der Waals surface area contributed by atoms with Gasteiger partial charge in [-0.3, -0.25) is 4.79 Å². The first-order valence-electron chi connectivity index (χ1n) is 7.83. The minimum Gasteiger partial charge on any atom is -0.308 e. The van der Waals surface area contributed by atoms with Crippen molar-refractivity contribution in [3.05, 3.63) is 41.5 Å². The molecule has 0 radical (unpaired) electrons. The molecule has 0 aliphatic rings. The third kappa shape index (κ3) is 6.54. The third-order valence-corrected chi connectivity index (χ3v) is 3.77. The van der Waals surface area contributed by atoms with Gasteiger partial charge in [-0.1, -0.05) is 49.8 Å². The van der Waals surface area contributed by atoms with Crippen LogP contribution in [0.1, 0.15) is 25.0 Å². The number of carbonyl (C=O) groups is 1. The van der Waals surface area contributed by atoms with Crippen molar-refractivity contribution in [2.45, 2.75) is 20.8 Å². The van der Waals surface area contributed by atoms with Gasteiger partial charge >= 0.3 is 0 Å². The second-order valence-corrected chi connectivity index (χ2v) is 7.03. The van der Waals surface area contributed by atoms with E-state index in [9.17, 15) is 4.79 Å². The van der Waals surface area contributed by atoms with E-state index in [-0.39, 0.29) is 11.2 Å². The van der Waals surface area contributed by atoms with E-state index in [0.29, 0.717) is 0 Å². The predicted octanol–water partition coefficient (Wildman–Crippen LogP) is 3.10. The Labute approximate surface area is 135 Å². The Balaban J connectivity index is 2.59. The highest BCUT2D eigenvalue weighted by molar-refractivity contribution is 5.97. The van der Waals surface area contributed by atoms with Crippen LogP contribution in [0, 0.1) is 12.3 Å². The summed E-state index contributed by atoms with van der Waals surface area (Å²) in [4.78, 5) is 16.8. The summed E-state index contributed by atoms with van der Waals surface area (Å²) in [5, 5.41) is 0. The summed E-state index contributed by atoms with van der Waals surface area (Å²) < 4.78 is 0. The van der Waals surface area contributed by atoms with Gasteiger partial charge in [0.2, 0.25) is 0 Å². The van der Waals surface area contributed by atoms with Crippen LogP contribution in [0.2, 0.25) is 0 Å². The Hall–Kier alpha value is -1.45. The van der Waals surface area contributed by atoms with E-state index < -0.39 is 0 Å². The molecule has 0 heterocycles. The van der Waals surface area contributed by atoms with E-state index in [1.807, 2.05) is 32.1 Å². The molecule has 0 saturated heterocycles. The summed E-state index contributed by atoms with van der Waals surface area (Å²) in [6, 6.07) is 8.19. The zero-order valence-corrected chi connectivity index (χ0v) is 14.9. The van der Waals surface area contributed by atoms with Crippen LogP contribution in [0.5, 0.6) is 0 Å². The van der Waals surface area contributed by atoms with Crippen LogP contribution in [0.25, 0.3) is 6.08 Å². The molecule has 0 aliphatic heterocycles. The van der Waals surface area contributed by atoms with Gasteiger partial charge in [-0.25, -0.2) is 0 Å². The summed E-state index contributed by atoms with van der Waals surface area (Å²) in [5.74, 6) is 0.171. The Morgan fingerprint density at radius 2 is 1.68 bits per heavy atom. The van der Waals surface area contributed by atoms with Gasteiger partial charge < -0.3 is 9.80 Å². The lowest BCUT2D eigenvalue weighted by molar-refractivity contribution is -0.122. The summed E-state index contributed by atoms with van der Waals surface area (Å²) >= 11 is 0. The summed E-state index contributed by atoms with van der Waals surface area (Å²) in [7, 11) is 6.20. The van der Waals surface area contributed by atoms with Crippen molar-refractivity contribution >= 4 is 11.9 Å². The van der Waals surface area contributed by atoms with Crippen LogP contribution in [0.15, 0.2) is 30.3 Å². The lowest BCUT2D eigenvalue weighted by atomic mass is 9.87. The van der Waals surface area contributed by atoms with Crippen LogP contribution in [0.3, 0.4) is 0 Å². The number of likely N-dealkylation sites (N-methyl/N-ethyl adjacent to an activating group) is 2. The van der Waals surface area contributed by atoms with Crippen LogP contribution >= 0.6 is 0 Å². The highest BCUT2D eigenvalue weighted by Gasteiger charge is 2.26. The molecule has 3 nitrogen and oxygen atoms in total. The number of aryl methyl sites for hydroxylation is 1. The van der Waals surface area contributed by atoms with E-state index in [4.69, 9.17) is 0 Å². The number of carbonyl (C=O) groups excluding carboxylic acids is 1. The molecule has 0 N–H and O–H groups in total. The van der Waals surface area contributed by atoms with Gasteiger partial charge in [0, 0.05) is 25.0 Å². The molecule has 0 aliphatic carbocycles. The maximum atomic E-state index is 12.5. The van der Waals surface area contributed by atoms with Crippen molar-refractivity contribution in [1.82, 2.24) is 9.80 Å². The molecule has 1 aromatic carbocycles. The first-order chi connectivity index (χ1) is 10.2. The third-order valence-electron chi connectivity index (χ3n) is 3.77. The average molecular weight is 302 g/mol. The Morgan fingerprint density at radius 1 is 1.09 bits per heavy atom. The molecule has 22 heavy (non-hydrogen) atoms. The monoisotopic (exact) mass is 302 g/mol. The fourth-order valence-corrected chi connectivity index (χ4v) is 2.28. The maximum Gasteiger partial charge on any atom is 0.162 e. The van der Waals surface area contributed by atoms with Crippen LogP contribution < -0.4 is 0 Å². The number of benzene rings is 1. The zero-order chi connectivity index (χ0) is 16.8. The first kappa shape index (κ1) is 18.6. The van der Waals surface area contributed by atoms with Gasteiger partial charge in [0.15, 0.2) is 5.78 Å². The molecule has 3 heteroatoms. The van der Waals surface area contributed by atoms with Crippen LogP contribution in [-0.2, 0) is 4.79 Å². The normalized spacial score (nSPS) is 12.5. The second kappa shape index (κ2) is 8.25. The van der Waals surface area contributed by atoms with E-state index in [2.05, 4.69) is 50.0 Å². The Kier molecular flexibility index (Phi) is 6.98. The van der Waals surface area contributed by atoms with Gasteiger partial charge in [-0.2, -0.15) is 0 Å². The second-order valence-electron chi connectivity index (χ2n) is 7.03. The number of hydrogen-bond donors (Lipinski definition) is 0. The minimum absolute atomic E-state index is 0.171. The van der Waals surface area contributed by atoms with Crippen molar-refractivity contribution in [1.29, 1.82) is 0 Å². The minimum atomic E-state index is -0.373. The number of ketones is 1. The van der Waals surface area contributed by atoms with Gasteiger partial charge in [0.25, 0.3) is 0 Å². The summed E-state index contributed by atoms with van der Waals surface area (Å²) in [5.41, 5.74) is 1.92. The van der Waals surface area contributed by atoms with Crippen molar-refractivity contribution in [2.75, 3.05) is 40.8 Å². The van der Waals surface area contributed by atoms with Crippen molar-refractivity contribution in [3.63, 3.8) is 0 Å². The molecular formula is C19H30N2O. The maximum absolute atomic E-state index is 12.5. The molecule has 1 aromatic rings. The summed E-state index contributed by atoms with van der Waals surface area (Å²) in [6.45, 7) is 8.82. The van der Waals surface area contributed by atoms with Crippen LogP contribution in [-0.4, -0.2) is 56.4 Å². The Bertz CT molecular complexity index is 501. The van der Waals surface area contributed by atoms with E-state index in [1.165, 1.54) is 5.56 Å². The van der Waals surface area contributed by atoms with Crippen LogP contribution in [0.4, 0.5) is 0 Å². The average Bonchev–Trinajstić information content (AvgIpc) is 2.43. The van der Waals surface area contributed by atoms with E-state index >= 15 is 0 Å². The lowest BCUT2D eigenvalue weighted by Crippen LogP contribution is -2.39. The molecule has 0 amide bonds. The highest BCUT2D eigenvalue weighted by atomic mass is 16.1. The Morgan fingerprint density at radius 3 is 2.23 bits per heavy atom. The molecular weight excluding hydrogens is 272 g/mol. The molecule has 122 valence electrons. The zero-order valence-electron chi connectivity index (χ0n) is 14.9. The van der Waals surface area contributed by atoms with Crippen molar-refractivity contribution < 1.29 is 4.79 Å². The highest BCUT2D eigenvalue weighted by Crippen LogP contribution is 2.19. The number of rotatable bonds is 8. The lowest BCUT2D eigenvalue weighted by Gasteiger charge is -2.28. The molecule has 0 bridgehead atoms. The molecule has 0 saturated carbocycles. The van der Waals surface area contributed by atoms with Gasteiger partial charge in [0.05, 0.1) is 0 Å². The van der Waals surface area contributed by atoms with E-state index in [1.54, 1.807) is 6.08 Å². The molecule has 0 unspecified atom stereocenters. The fraction of sp³-hybridized carbons (Fsp3) is 0.526. The van der Waals surface area contributed by atoms with Gasteiger partial charge in [0.1, 0.15) is 0 Å². The van der Waals surface area contributed by atoms with Gasteiger partial charge in [-0.15, -0.1) is 0 Å². The number of allylic oxidation sites excluding steroid dienone is 1. The number of nitrogens with zero attached hydrogens (tertiary/aromatic N) is 2. The first-order valence-corrected chi connectivity index (χ1v) is 7.83. The molecule has 0 spiro atoms. The smallest absolute Gasteiger partial charge is 0.162 e. The standard InChI is InChI=1S/C19H30N2O/c1-16-7-9-17(10-8-16)11-12-18(22)19(2,3)15-21(6)14-13-20(4)5/h7-12H,13-15H2,1-6H3/b12-11+. The van der Waals surface area contributed by atoms with Crippen molar-refractivity contribution in [3.8, 4) is 0 Å². The van der Waals surface area contributed by atoms with E-state index in [0.717, 1.165) is 25.2 Å². The van der Waals surface area contributed by atoms with Crippen molar-refractivity contribution in [2.24, 2.45) is 5.41 Å². The largest absolute Gasteiger partial charge is 0.308 e. The van der Waals surface area contributed by atoms with Gasteiger partial charge in [-0.05, 0) is 39.7 Å². The molecule has 1 rings (SSSR count). The number of hydrogen-bond acceptors (Lipinski definition) is 3. The predicted molar refractivity (Wildman–Crippen MR) is 95.1 cm³/mol. The molecule has 0 fully saturated rings. The quantitative estimate of drug-likeness (QED) is 0.689. The topological polar surface area (TPSA) is 23.6 Å². The summed E-state index contributed by atoms with van der Waals surface area (Å²) in [6.07, 6.45) is 3.62. The SMILES string of the molecule is Cc1ccc(/C=C/C(=O)C(C)(C)CN(C)CCN(C)C)cc1.